The Hall–Kier alpha value is -1.06. The summed E-state index contributed by atoms with van der Waals surface area (Å²) in [5.74, 6) is 0. The Morgan fingerprint density at radius 3 is 3.00 bits per heavy atom. The van der Waals surface area contributed by atoms with Crippen molar-refractivity contribution in [1.29, 1.82) is 0 Å². The number of thiazole rings is 1. The molecule has 0 aliphatic carbocycles. The minimum atomic E-state index is 0.796. The lowest BCUT2D eigenvalue weighted by atomic mass is 10.2. The van der Waals surface area contributed by atoms with Crippen LogP contribution in [0, 0.1) is 6.92 Å². The average Bonchev–Trinajstić information content (AvgIpc) is 2.73. The summed E-state index contributed by atoms with van der Waals surface area (Å²) in [6.07, 6.45) is 1.87. The standard InChI is InChI=1S/C11H11ClN2S/c1-8-2-3-9(4-11(8)12)14-6-10-5-13-7-15-10/h2-5,7,14H,6H2,1H3. The van der Waals surface area contributed by atoms with E-state index < -0.39 is 0 Å². The fraction of sp³-hybridized carbons (Fsp3) is 0.182. The van der Waals surface area contributed by atoms with Gasteiger partial charge in [-0.15, -0.1) is 11.3 Å². The number of aromatic nitrogens is 1. The van der Waals surface area contributed by atoms with E-state index in [4.69, 9.17) is 11.6 Å². The summed E-state index contributed by atoms with van der Waals surface area (Å²) in [6, 6.07) is 5.98. The fourth-order valence-electron chi connectivity index (χ4n) is 1.22. The molecule has 0 spiro atoms. The third-order valence-electron chi connectivity index (χ3n) is 2.12. The van der Waals surface area contributed by atoms with E-state index in [0.29, 0.717) is 0 Å². The Labute approximate surface area is 97.9 Å². The van der Waals surface area contributed by atoms with E-state index in [1.54, 1.807) is 11.3 Å². The Kier molecular flexibility index (Phi) is 3.23. The van der Waals surface area contributed by atoms with Crippen LogP contribution in [0.15, 0.2) is 29.9 Å². The maximum atomic E-state index is 6.02. The van der Waals surface area contributed by atoms with Gasteiger partial charge in [0, 0.05) is 21.8 Å². The first kappa shape index (κ1) is 10.5. The molecule has 78 valence electrons. The highest BCUT2D eigenvalue weighted by molar-refractivity contribution is 7.09. The molecular formula is C11H11ClN2S. The van der Waals surface area contributed by atoms with Crippen molar-refractivity contribution in [3.05, 3.63) is 45.4 Å². The average molecular weight is 239 g/mol. The van der Waals surface area contributed by atoms with Crippen molar-refractivity contribution < 1.29 is 0 Å². The Morgan fingerprint density at radius 2 is 2.33 bits per heavy atom. The largest absolute Gasteiger partial charge is 0.380 e. The predicted octanol–water partition coefficient (Wildman–Crippen LogP) is 3.72. The maximum Gasteiger partial charge on any atom is 0.0794 e. The highest BCUT2D eigenvalue weighted by Crippen LogP contribution is 2.20. The summed E-state index contributed by atoms with van der Waals surface area (Å²) in [6.45, 7) is 2.79. The molecule has 0 atom stereocenters. The summed E-state index contributed by atoms with van der Waals surface area (Å²) in [5, 5.41) is 4.10. The van der Waals surface area contributed by atoms with Crippen molar-refractivity contribution in [2.24, 2.45) is 0 Å². The number of anilines is 1. The minimum Gasteiger partial charge on any atom is -0.380 e. The van der Waals surface area contributed by atoms with Gasteiger partial charge in [-0.25, -0.2) is 0 Å². The quantitative estimate of drug-likeness (QED) is 0.882. The molecule has 1 heterocycles. The molecule has 0 amide bonds. The Balaban J connectivity index is 2.02. The van der Waals surface area contributed by atoms with Crippen molar-refractivity contribution in [2.75, 3.05) is 5.32 Å². The summed E-state index contributed by atoms with van der Waals surface area (Å²) in [4.78, 5) is 5.23. The van der Waals surface area contributed by atoms with E-state index in [0.717, 1.165) is 22.8 Å². The van der Waals surface area contributed by atoms with Crippen LogP contribution in [0.2, 0.25) is 5.02 Å². The molecule has 15 heavy (non-hydrogen) atoms. The molecule has 2 nitrogen and oxygen atoms in total. The molecule has 1 aromatic heterocycles. The zero-order valence-corrected chi connectivity index (χ0v) is 9.90. The molecule has 0 saturated heterocycles. The third-order valence-corrected chi connectivity index (χ3v) is 3.31. The maximum absolute atomic E-state index is 6.02. The van der Waals surface area contributed by atoms with Crippen LogP contribution in [0.25, 0.3) is 0 Å². The molecule has 0 unspecified atom stereocenters. The van der Waals surface area contributed by atoms with Gasteiger partial charge in [0.05, 0.1) is 12.1 Å². The van der Waals surface area contributed by atoms with E-state index in [-0.39, 0.29) is 0 Å². The molecule has 0 aliphatic rings. The molecule has 1 N–H and O–H groups in total. The van der Waals surface area contributed by atoms with Crippen LogP contribution >= 0.6 is 22.9 Å². The molecule has 2 aromatic rings. The van der Waals surface area contributed by atoms with Gasteiger partial charge in [-0.05, 0) is 24.6 Å². The summed E-state index contributed by atoms with van der Waals surface area (Å²) < 4.78 is 0. The summed E-state index contributed by atoms with van der Waals surface area (Å²) >= 11 is 7.67. The zero-order valence-electron chi connectivity index (χ0n) is 8.33. The number of hydrogen-bond acceptors (Lipinski definition) is 3. The van der Waals surface area contributed by atoms with Crippen molar-refractivity contribution in [1.82, 2.24) is 4.98 Å². The lowest BCUT2D eigenvalue weighted by Crippen LogP contribution is -1.97. The van der Waals surface area contributed by atoms with E-state index >= 15 is 0 Å². The predicted molar refractivity (Wildman–Crippen MR) is 65.6 cm³/mol. The van der Waals surface area contributed by atoms with Gasteiger partial charge in [-0.2, -0.15) is 0 Å². The third kappa shape index (κ3) is 2.70. The number of nitrogens with zero attached hydrogens (tertiary/aromatic N) is 1. The fourth-order valence-corrected chi connectivity index (χ4v) is 1.94. The van der Waals surface area contributed by atoms with Crippen molar-refractivity contribution >= 4 is 28.6 Å². The Morgan fingerprint density at radius 1 is 1.47 bits per heavy atom. The topological polar surface area (TPSA) is 24.9 Å². The Bertz CT molecular complexity index is 440. The highest BCUT2D eigenvalue weighted by atomic mass is 35.5. The second-order valence-corrected chi connectivity index (χ2v) is 4.66. The van der Waals surface area contributed by atoms with Gasteiger partial charge in [-0.1, -0.05) is 17.7 Å². The smallest absolute Gasteiger partial charge is 0.0794 e. The van der Waals surface area contributed by atoms with Gasteiger partial charge in [0.1, 0.15) is 0 Å². The van der Waals surface area contributed by atoms with Crippen LogP contribution in [0.1, 0.15) is 10.4 Å². The van der Waals surface area contributed by atoms with Crippen LogP contribution in [0.4, 0.5) is 5.69 Å². The van der Waals surface area contributed by atoms with Crippen LogP contribution in [-0.2, 0) is 6.54 Å². The first-order valence-electron chi connectivity index (χ1n) is 4.63. The van der Waals surface area contributed by atoms with Crippen LogP contribution in [-0.4, -0.2) is 4.98 Å². The first-order valence-corrected chi connectivity index (χ1v) is 5.89. The summed E-state index contributed by atoms with van der Waals surface area (Å²) in [7, 11) is 0. The molecular weight excluding hydrogens is 228 g/mol. The summed E-state index contributed by atoms with van der Waals surface area (Å²) in [5.41, 5.74) is 3.97. The second kappa shape index (κ2) is 4.64. The van der Waals surface area contributed by atoms with E-state index in [1.165, 1.54) is 4.88 Å². The normalized spacial score (nSPS) is 10.3. The van der Waals surface area contributed by atoms with Crippen molar-refractivity contribution in [3.63, 3.8) is 0 Å². The van der Waals surface area contributed by atoms with Crippen LogP contribution < -0.4 is 5.32 Å². The molecule has 2 rings (SSSR count). The van der Waals surface area contributed by atoms with Gasteiger partial charge < -0.3 is 5.32 Å². The monoisotopic (exact) mass is 238 g/mol. The van der Waals surface area contributed by atoms with Gasteiger partial charge in [0.15, 0.2) is 0 Å². The van der Waals surface area contributed by atoms with Gasteiger partial charge in [-0.3, -0.25) is 4.98 Å². The van der Waals surface area contributed by atoms with E-state index in [2.05, 4.69) is 10.3 Å². The number of rotatable bonds is 3. The number of nitrogens with one attached hydrogen (secondary N) is 1. The molecule has 1 aromatic carbocycles. The second-order valence-electron chi connectivity index (χ2n) is 3.29. The van der Waals surface area contributed by atoms with Gasteiger partial charge in [0.2, 0.25) is 0 Å². The van der Waals surface area contributed by atoms with E-state index in [1.807, 2.05) is 36.8 Å². The van der Waals surface area contributed by atoms with Crippen molar-refractivity contribution in [2.45, 2.75) is 13.5 Å². The lowest BCUT2D eigenvalue weighted by molar-refractivity contribution is 1.17. The van der Waals surface area contributed by atoms with Gasteiger partial charge in [0.25, 0.3) is 0 Å². The molecule has 0 aliphatic heterocycles. The number of benzene rings is 1. The molecule has 4 heteroatoms. The highest BCUT2D eigenvalue weighted by Gasteiger charge is 1.98. The molecule has 0 fully saturated rings. The SMILES string of the molecule is Cc1ccc(NCc2cncs2)cc1Cl. The lowest BCUT2D eigenvalue weighted by Gasteiger charge is -2.06. The number of aryl methyl sites for hydroxylation is 1. The molecule has 0 radical (unpaired) electrons. The number of halogens is 1. The molecule has 0 saturated carbocycles. The van der Waals surface area contributed by atoms with Crippen LogP contribution in [0.3, 0.4) is 0 Å². The number of hydrogen-bond donors (Lipinski definition) is 1. The van der Waals surface area contributed by atoms with Crippen LogP contribution in [0.5, 0.6) is 0 Å². The van der Waals surface area contributed by atoms with Crippen molar-refractivity contribution in [3.8, 4) is 0 Å². The molecule has 0 bridgehead atoms. The zero-order chi connectivity index (χ0) is 10.7. The van der Waals surface area contributed by atoms with Gasteiger partial charge >= 0.3 is 0 Å². The van der Waals surface area contributed by atoms with E-state index in [9.17, 15) is 0 Å². The minimum absolute atomic E-state index is 0.796. The first-order chi connectivity index (χ1) is 7.25.